The lowest BCUT2D eigenvalue weighted by molar-refractivity contribution is 0.105. The Labute approximate surface area is 199 Å². The molecule has 0 radical (unpaired) electrons. The minimum Gasteiger partial charge on any atom is -0.495 e. The Morgan fingerprint density at radius 1 is 1.16 bits per heavy atom. The Hall–Kier alpha value is -2.15. The molecule has 0 spiro atoms. The maximum absolute atomic E-state index is 13.4. The molecule has 0 amide bonds. The van der Waals surface area contributed by atoms with Crippen LogP contribution in [0.2, 0.25) is 5.02 Å². The molecule has 0 aliphatic rings. The number of hydrogen-bond donors (Lipinski definition) is 0. The van der Waals surface area contributed by atoms with E-state index in [1.165, 1.54) is 12.1 Å². The topological polar surface area (TPSA) is 34.6 Å². The quantitative estimate of drug-likeness (QED) is 0.310. The normalized spacial score (nSPS) is 13.1. The van der Waals surface area contributed by atoms with E-state index in [1.807, 2.05) is 38.1 Å². The predicted octanol–water partition coefficient (Wildman–Crippen LogP) is 7.05. The average molecular weight is 477 g/mol. The van der Waals surface area contributed by atoms with E-state index in [1.54, 1.807) is 25.6 Å². The molecule has 7 heteroatoms. The van der Waals surface area contributed by atoms with E-state index in [-0.39, 0.29) is 18.1 Å². The van der Waals surface area contributed by atoms with Crippen molar-refractivity contribution in [1.82, 2.24) is 4.98 Å². The first-order valence-corrected chi connectivity index (χ1v) is 11.9. The van der Waals surface area contributed by atoms with Crippen molar-refractivity contribution in [2.24, 2.45) is 0 Å². The minimum atomic E-state index is -0.224. The van der Waals surface area contributed by atoms with Gasteiger partial charge < -0.3 is 14.4 Å². The highest BCUT2D eigenvalue weighted by Gasteiger charge is 2.27. The number of benzene rings is 2. The largest absolute Gasteiger partial charge is 0.495 e. The van der Waals surface area contributed by atoms with Crippen molar-refractivity contribution < 1.29 is 13.9 Å². The number of nitrogens with zero attached hydrogens (tertiary/aromatic N) is 2. The van der Waals surface area contributed by atoms with Crippen molar-refractivity contribution in [3.63, 3.8) is 0 Å². The van der Waals surface area contributed by atoms with Crippen LogP contribution in [0.25, 0.3) is 11.3 Å². The maximum Gasteiger partial charge on any atom is 0.188 e. The number of ether oxygens (including phenoxy) is 2. The van der Waals surface area contributed by atoms with Crippen LogP contribution in [0.4, 0.5) is 9.52 Å². The van der Waals surface area contributed by atoms with E-state index < -0.39 is 0 Å². The van der Waals surface area contributed by atoms with Gasteiger partial charge >= 0.3 is 0 Å². The van der Waals surface area contributed by atoms with Crippen LogP contribution in [0, 0.1) is 19.7 Å². The lowest BCUT2D eigenvalue weighted by Crippen LogP contribution is -2.44. The number of thiazole rings is 1. The lowest BCUT2D eigenvalue weighted by atomic mass is 10.0. The molecule has 0 saturated heterocycles. The van der Waals surface area contributed by atoms with E-state index in [0.717, 1.165) is 45.2 Å². The molecule has 2 atom stereocenters. The molecular weight excluding hydrogens is 447 g/mol. The Morgan fingerprint density at radius 2 is 1.84 bits per heavy atom. The van der Waals surface area contributed by atoms with E-state index >= 15 is 0 Å². The molecule has 0 aliphatic heterocycles. The summed E-state index contributed by atoms with van der Waals surface area (Å²) in [5, 5.41) is 1.46. The summed E-state index contributed by atoms with van der Waals surface area (Å²) < 4.78 is 24.5. The first-order valence-electron chi connectivity index (χ1n) is 10.7. The van der Waals surface area contributed by atoms with Crippen LogP contribution < -0.4 is 9.64 Å². The predicted molar refractivity (Wildman–Crippen MR) is 132 cm³/mol. The molecule has 2 unspecified atom stereocenters. The average Bonchev–Trinajstić information content (AvgIpc) is 3.16. The van der Waals surface area contributed by atoms with Gasteiger partial charge in [0.2, 0.25) is 0 Å². The summed E-state index contributed by atoms with van der Waals surface area (Å²) in [6.07, 6.45) is 1.50. The van der Waals surface area contributed by atoms with Crippen molar-refractivity contribution >= 4 is 28.1 Å². The van der Waals surface area contributed by atoms with E-state index in [2.05, 4.69) is 18.7 Å². The number of rotatable bonds is 9. The third-order valence-corrected chi connectivity index (χ3v) is 7.02. The molecule has 4 nitrogen and oxygen atoms in total. The van der Waals surface area contributed by atoms with Gasteiger partial charge in [0.15, 0.2) is 5.13 Å². The van der Waals surface area contributed by atoms with E-state index in [0.29, 0.717) is 10.8 Å². The first kappa shape index (κ1) is 24.5. The highest BCUT2D eigenvalue weighted by atomic mass is 35.5. The van der Waals surface area contributed by atoms with Crippen molar-refractivity contribution in [1.29, 1.82) is 0 Å². The first-order chi connectivity index (χ1) is 15.3. The zero-order valence-electron chi connectivity index (χ0n) is 19.4. The third-order valence-electron chi connectivity index (χ3n) is 5.74. The number of halogens is 2. The molecule has 3 aromatic rings. The molecule has 0 saturated carbocycles. The number of aromatic nitrogens is 1. The summed E-state index contributed by atoms with van der Waals surface area (Å²) >= 11 is 8.06. The van der Waals surface area contributed by atoms with Crippen LogP contribution in [0.5, 0.6) is 5.75 Å². The van der Waals surface area contributed by atoms with Crippen LogP contribution in [0.3, 0.4) is 0 Å². The summed E-state index contributed by atoms with van der Waals surface area (Å²) in [6, 6.07) is 10.7. The Balaban J connectivity index is 2.00. The van der Waals surface area contributed by atoms with Crippen molar-refractivity contribution in [3.8, 4) is 17.0 Å². The molecule has 172 valence electrons. The Morgan fingerprint density at radius 3 is 2.44 bits per heavy atom. The molecule has 0 fully saturated rings. The highest BCUT2D eigenvalue weighted by molar-refractivity contribution is 7.16. The molecular formula is C25H30ClFN2O2S. The molecule has 0 bridgehead atoms. The Bertz CT molecular complexity index is 1050. The minimum absolute atomic E-state index is 0.148. The van der Waals surface area contributed by atoms with Gasteiger partial charge in [-0.1, -0.05) is 30.7 Å². The van der Waals surface area contributed by atoms with Gasteiger partial charge in [0.25, 0.3) is 0 Å². The van der Waals surface area contributed by atoms with Crippen LogP contribution in [-0.2, 0) is 11.2 Å². The molecule has 32 heavy (non-hydrogen) atoms. The van der Waals surface area contributed by atoms with Gasteiger partial charge in [-0.05, 0) is 69.0 Å². The van der Waals surface area contributed by atoms with Crippen molar-refractivity contribution in [2.45, 2.75) is 52.8 Å². The van der Waals surface area contributed by atoms with Gasteiger partial charge in [0, 0.05) is 23.6 Å². The fraction of sp³-hybridized carbons (Fsp3) is 0.400. The summed E-state index contributed by atoms with van der Waals surface area (Å²) in [5.74, 6) is 0.429. The lowest BCUT2D eigenvalue weighted by Gasteiger charge is -2.35. The fourth-order valence-electron chi connectivity index (χ4n) is 3.86. The molecule has 1 aromatic heterocycles. The molecule has 0 aliphatic carbocycles. The molecule has 3 rings (SSSR count). The number of anilines is 1. The van der Waals surface area contributed by atoms with Gasteiger partial charge in [-0.3, -0.25) is 0 Å². The van der Waals surface area contributed by atoms with Crippen LogP contribution in [0.15, 0.2) is 36.4 Å². The summed E-state index contributed by atoms with van der Waals surface area (Å²) in [6.45, 7) is 8.29. The zero-order chi connectivity index (χ0) is 23.4. The second kappa shape index (κ2) is 10.6. The van der Waals surface area contributed by atoms with Gasteiger partial charge in [-0.25, -0.2) is 9.37 Å². The standard InChI is InChI=1S/C25H30ClFN2O2S/c1-7-20(13-18-8-10-19(27)11-9-18)29(17(4)30-5)25-28-24(16(3)32-25)21-14-22(26)23(31-6)12-15(21)2/h8-12,14,17,20H,7,13H2,1-6H3. The second-order valence-electron chi connectivity index (χ2n) is 7.84. The maximum atomic E-state index is 13.4. The molecule has 1 heterocycles. The van der Waals surface area contributed by atoms with Gasteiger partial charge in [0.1, 0.15) is 17.8 Å². The molecule has 2 aromatic carbocycles. The number of methoxy groups -OCH3 is 2. The van der Waals surface area contributed by atoms with Gasteiger partial charge in [0.05, 0.1) is 17.8 Å². The Kier molecular flexibility index (Phi) is 8.15. The summed E-state index contributed by atoms with van der Waals surface area (Å²) in [7, 11) is 3.32. The number of aryl methyl sites for hydroxylation is 2. The summed E-state index contributed by atoms with van der Waals surface area (Å²) in [4.78, 5) is 8.37. The molecule has 0 N–H and O–H groups in total. The zero-order valence-corrected chi connectivity index (χ0v) is 21.0. The van der Waals surface area contributed by atoms with Crippen molar-refractivity contribution in [2.75, 3.05) is 19.1 Å². The van der Waals surface area contributed by atoms with Crippen LogP contribution >= 0.6 is 22.9 Å². The SMILES string of the molecule is CCC(Cc1ccc(F)cc1)N(c1nc(-c2cc(Cl)c(OC)cc2C)c(C)s1)C(C)OC. The second-order valence-corrected chi connectivity index (χ2v) is 9.43. The van der Waals surface area contributed by atoms with E-state index in [9.17, 15) is 4.39 Å². The van der Waals surface area contributed by atoms with Gasteiger partial charge in [-0.15, -0.1) is 11.3 Å². The highest BCUT2D eigenvalue weighted by Crippen LogP contribution is 2.39. The van der Waals surface area contributed by atoms with Crippen LogP contribution in [-0.4, -0.2) is 31.5 Å². The van der Waals surface area contributed by atoms with E-state index in [4.69, 9.17) is 26.1 Å². The van der Waals surface area contributed by atoms with Crippen molar-refractivity contribution in [3.05, 3.63) is 63.2 Å². The van der Waals surface area contributed by atoms with Gasteiger partial charge in [-0.2, -0.15) is 0 Å². The smallest absolute Gasteiger partial charge is 0.188 e. The monoisotopic (exact) mass is 476 g/mol. The fourth-order valence-corrected chi connectivity index (χ4v) is 5.17. The van der Waals surface area contributed by atoms with Crippen LogP contribution in [0.1, 0.15) is 36.3 Å². The number of hydrogen-bond acceptors (Lipinski definition) is 5. The summed E-state index contributed by atoms with van der Waals surface area (Å²) in [5.41, 5.74) is 4.04. The third kappa shape index (κ3) is 5.25.